The highest BCUT2D eigenvalue weighted by Gasteiger charge is 2.38. The number of benzene rings is 3. The van der Waals surface area contributed by atoms with Crippen molar-refractivity contribution in [1.29, 1.82) is 0 Å². The molecule has 3 aromatic carbocycles. The molecule has 0 radical (unpaired) electrons. The molecule has 0 saturated carbocycles. The molecule has 6 nitrogen and oxygen atoms in total. The van der Waals surface area contributed by atoms with Crippen LogP contribution >= 0.6 is 11.6 Å². The molecule has 35 heavy (non-hydrogen) atoms. The van der Waals surface area contributed by atoms with Crippen LogP contribution in [0.3, 0.4) is 0 Å². The van der Waals surface area contributed by atoms with Gasteiger partial charge in [-0.25, -0.2) is 8.42 Å². The summed E-state index contributed by atoms with van der Waals surface area (Å²) in [7, 11) is -3.95. The lowest BCUT2D eigenvalue weighted by molar-refractivity contribution is -0.128. The van der Waals surface area contributed by atoms with Crippen LogP contribution in [0.1, 0.15) is 41.6 Å². The van der Waals surface area contributed by atoms with Crippen LogP contribution in [-0.2, 0) is 27.7 Å². The van der Waals surface area contributed by atoms with Crippen molar-refractivity contribution in [2.75, 3.05) is 10.8 Å². The third kappa shape index (κ3) is 4.62. The number of aryl methyl sites for hydroxylation is 3. The van der Waals surface area contributed by atoms with Crippen molar-refractivity contribution in [2.45, 2.75) is 50.2 Å². The maximum absolute atomic E-state index is 13.6. The van der Waals surface area contributed by atoms with Crippen molar-refractivity contribution >= 4 is 33.2 Å². The molecule has 0 unspecified atom stereocenters. The molecule has 3 aromatic rings. The number of hydrogen-bond acceptors (Lipinski definition) is 4. The Balaban J connectivity index is 1.42. The topological polar surface area (TPSA) is 75.7 Å². The molecule has 2 aliphatic rings. The van der Waals surface area contributed by atoms with Crippen LogP contribution in [0.2, 0.25) is 5.02 Å². The minimum absolute atomic E-state index is 0.140. The maximum Gasteiger partial charge on any atom is 0.264 e. The van der Waals surface area contributed by atoms with Gasteiger partial charge in [-0.2, -0.15) is 0 Å². The number of rotatable bonds is 5. The van der Waals surface area contributed by atoms with Gasteiger partial charge in [0.05, 0.1) is 23.2 Å². The van der Waals surface area contributed by atoms with Crippen LogP contribution in [-0.4, -0.2) is 27.0 Å². The van der Waals surface area contributed by atoms with Crippen molar-refractivity contribution in [1.82, 2.24) is 5.32 Å². The molecule has 0 aromatic heterocycles. The molecule has 0 bridgehead atoms. The van der Waals surface area contributed by atoms with Gasteiger partial charge in [0.15, 0.2) is 6.10 Å². The molecule has 0 saturated heterocycles. The molecule has 1 heterocycles. The zero-order valence-electron chi connectivity index (χ0n) is 19.6. The fraction of sp³-hybridized carbons (Fsp3) is 0.296. The van der Waals surface area contributed by atoms with Crippen molar-refractivity contribution in [3.8, 4) is 5.75 Å². The zero-order valence-corrected chi connectivity index (χ0v) is 21.2. The van der Waals surface area contributed by atoms with Crippen LogP contribution < -0.4 is 14.4 Å². The van der Waals surface area contributed by atoms with Gasteiger partial charge in [-0.15, -0.1) is 0 Å². The van der Waals surface area contributed by atoms with Gasteiger partial charge in [0.25, 0.3) is 15.9 Å². The second kappa shape index (κ2) is 9.21. The highest BCUT2D eigenvalue weighted by Crippen LogP contribution is 2.39. The van der Waals surface area contributed by atoms with E-state index in [4.69, 9.17) is 16.3 Å². The first-order valence-corrected chi connectivity index (χ1v) is 13.5. The number of hydrogen-bond donors (Lipinski definition) is 1. The molecule has 2 atom stereocenters. The Kier molecular flexibility index (Phi) is 6.23. The number of ether oxygens (including phenoxy) is 1. The van der Waals surface area contributed by atoms with E-state index < -0.39 is 16.1 Å². The molecular weight excluding hydrogens is 484 g/mol. The molecule has 1 N–H and O–H groups in total. The monoisotopic (exact) mass is 510 g/mol. The normalized spacial score (nSPS) is 17.8. The number of nitrogens with zero attached hydrogens (tertiary/aromatic N) is 1. The Bertz CT molecular complexity index is 1390. The van der Waals surface area contributed by atoms with Gasteiger partial charge in [0.1, 0.15) is 5.75 Å². The van der Waals surface area contributed by atoms with E-state index in [-0.39, 0.29) is 23.4 Å². The van der Waals surface area contributed by atoms with Crippen molar-refractivity contribution in [3.63, 3.8) is 0 Å². The smallest absolute Gasteiger partial charge is 0.264 e. The van der Waals surface area contributed by atoms with Gasteiger partial charge in [0, 0.05) is 5.02 Å². The van der Waals surface area contributed by atoms with Crippen LogP contribution in [0, 0.1) is 6.92 Å². The highest BCUT2D eigenvalue weighted by atomic mass is 35.5. The molecular formula is C27H27ClN2O4S. The summed E-state index contributed by atoms with van der Waals surface area (Å²) in [5.74, 6) is -0.0793. The second-order valence-corrected chi connectivity index (χ2v) is 11.5. The van der Waals surface area contributed by atoms with Gasteiger partial charge in [-0.1, -0.05) is 47.5 Å². The van der Waals surface area contributed by atoms with E-state index in [0.717, 1.165) is 30.4 Å². The summed E-state index contributed by atoms with van der Waals surface area (Å²) in [6.07, 6.45) is 2.30. The van der Waals surface area contributed by atoms with Crippen molar-refractivity contribution in [2.24, 2.45) is 0 Å². The summed E-state index contributed by atoms with van der Waals surface area (Å²) >= 11 is 6.18. The first-order valence-electron chi connectivity index (χ1n) is 11.7. The van der Waals surface area contributed by atoms with Gasteiger partial charge in [-0.05, 0) is 80.1 Å². The Morgan fingerprint density at radius 2 is 1.80 bits per heavy atom. The standard InChI is InChI=1S/C27H27ClN2O4S/c1-17-6-11-23(12-7-17)35(32,33)30-16-26(34-25-13-10-22(28)15-24(25)30)27(31)29-18(2)20-9-8-19-4-3-5-21(19)14-20/h6-15,18,26H,3-5,16H2,1-2H3,(H,29,31)/t18-,26+/m1/s1. The van der Waals surface area contributed by atoms with Crippen molar-refractivity contribution < 1.29 is 17.9 Å². The number of fused-ring (bicyclic) bond motifs is 2. The third-order valence-electron chi connectivity index (χ3n) is 6.67. The van der Waals surface area contributed by atoms with Crippen LogP contribution in [0.4, 0.5) is 5.69 Å². The molecule has 1 aliphatic heterocycles. The predicted octanol–water partition coefficient (Wildman–Crippen LogP) is 4.97. The van der Waals surface area contributed by atoms with Gasteiger partial charge in [0.2, 0.25) is 0 Å². The Hall–Kier alpha value is -3.03. The summed E-state index contributed by atoms with van der Waals surface area (Å²) in [5, 5.41) is 3.39. The number of amides is 1. The number of carbonyl (C=O) groups is 1. The van der Waals surface area contributed by atoms with Gasteiger partial charge < -0.3 is 10.1 Å². The lowest BCUT2D eigenvalue weighted by atomic mass is 10.0. The van der Waals surface area contributed by atoms with E-state index in [1.165, 1.54) is 15.4 Å². The zero-order chi connectivity index (χ0) is 24.7. The first kappa shape index (κ1) is 23.7. The van der Waals surface area contributed by atoms with Crippen LogP contribution in [0.25, 0.3) is 0 Å². The molecule has 1 aliphatic carbocycles. The summed E-state index contributed by atoms with van der Waals surface area (Å²) in [6.45, 7) is 3.65. The minimum Gasteiger partial charge on any atom is -0.476 e. The molecule has 5 rings (SSSR count). The Morgan fingerprint density at radius 3 is 2.57 bits per heavy atom. The quantitative estimate of drug-likeness (QED) is 0.525. The number of sulfonamides is 1. The number of anilines is 1. The summed E-state index contributed by atoms with van der Waals surface area (Å²) in [4.78, 5) is 13.4. The SMILES string of the molecule is Cc1ccc(S(=O)(=O)N2C[C@@H](C(=O)N[C@H](C)c3ccc4c(c3)CCC4)Oc3ccc(Cl)cc32)cc1. The van der Waals surface area contributed by atoms with Crippen LogP contribution in [0.15, 0.2) is 65.6 Å². The lowest BCUT2D eigenvalue weighted by Crippen LogP contribution is -2.51. The fourth-order valence-electron chi connectivity index (χ4n) is 4.68. The van der Waals surface area contributed by atoms with E-state index in [1.54, 1.807) is 42.5 Å². The Labute approximate surface area is 210 Å². The van der Waals surface area contributed by atoms with Gasteiger partial charge >= 0.3 is 0 Å². The van der Waals surface area contributed by atoms with E-state index in [0.29, 0.717) is 16.5 Å². The molecule has 0 fully saturated rings. The van der Waals surface area contributed by atoms with E-state index in [2.05, 4.69) is 17.4 Å². The highest BCUT2D eigenvalue weighted by molar-refractivity contribution is 7.92. The lowest BCUT2D eigenvalue weighted by Gasteiger charge is -2.35. The average molecular weight is 511 g/mol. The second-order valence-electron chi connectivity index (χ2n) is 9.18. The fourth-order valence-corrected chi connectivity index (χ4v) is 6.31. The minimum atomic E-state index is -3.95. The molecule has 182 valence electrons. The predicted molar refractivity (Wildman–Crippen MR) is 137 cm³/mol. The number of carbonyl (C=O) groups excluding carboxylic acids is 1. The largest absolute Gasteiger partial charge is 0.476 e. The molecule has 8 heteroatoms. The number of halogens is 1. The van der Waals surface area contributed by atoms with Crippen molar-refractivity contribution in [3.05, 3.63) is 87.9 Å². The van der Waals surface area contributed by atoms with E-state index in [1.807, 2.05) is 19.9 Å². The van der Waals surface area contributed by atoms with E-state index in [9.17, 15) is 13.2 Å². The first-order chi connectivity index (χ1) is 16.7. The van der Waals surface area contributed by atoms with Gasteiger partial charge in [-0.3, -0.25) is 9.10 Å². The third-order valence-corrected chi connectivity index (χ3v) is 8.70. The van der Waals surface area contributed by atoms with E-state index >= 15 is 0 Å². The summed E-state index contributed by atoms with van der Waals surface area (Å²) < 4.78 is 34.4. The maximum atomic E-state index is 13.6. The number of nitrogens with one attached hydrogen (secondary N) is 1. The molecule has 0 spiro atoms. The average Bonchev–Trinajstić information content (AvgIpc) is 3.31. The summed E-state index contributed by atoms with van der Waals surface area (Å²) in [6, 6.07) is 17.5. The summed E-state index contributed by atoms with van der Waals surface area (Å²) in [5.41, 5.74) is 4.99. The molecule has 1 amide bonds. The van der Waals surface area contributed by atoms with Crippen LogP contribution in [0.5, 0.6) is 5.75 Å². The Morgan fingerprint density at radius 1 is 1.06 bits per heavy atom.